The third-order valence-electron chi connectivity index (χ3n) is 0.224. The Balaban J connectivity index is 2.63. The molecule has 0 aliphatic carbocycles. The van der Waals surface area contributed by atoms with Crippen molar-refractivity contribution in [2.24, 2.45) is 0 Å². The molecule has 0 aromatic rings. The Morgan fingerprint density at radius 2 is 2.33 bits per heavy atom. The molecule has 0 fully saturated rings. The fourth-order valence-electron chi connectivity index (χ4n) is 0.0667. The first-order valence-electron chi connectivity index (χ1n) is 1.36. The summed E-state index contributed by atoms with van der Waals surface area (Å²) in [4.78, 5) is 0. The Bertz CT molecular complexity index is 30.7. The van der Waals surface area contributed by atoms with Crippen molar-refractivity contribution in [3.63, 3.8) is 0 Å². The number of rotatable bonds is 2. The average molecular weight is 126 g/mol. The van der Waals surface area contributed by atoms with Crippen molar-refractivity contribution in [1.29, 1.82) is 0 Å². The number of aliphatic hydroxyl groups excluding tert-OH is 2. The van der Waals surface area contributed by atoms with Crippen LogP contribution in [-0.2, 0) is 0 Å². The lowest BCUT2D eigenvalue weighted by Crippen LogP contribution is -1.87. The Morgan fingerprint density at radius 3 is 2.33 bits per heavy atom. The maximum Gasteiger partial charge on any atom is 0.145 e. The van der Waals surface area contributed by atoms with E-state index < -0.39 is 4.77 Å². The first kappa shape index (κ1) is 6.62. The summed E-state index contributed by atoms with van der Waals surface area (Å²) in [5, 5.41) is 16.2. The summed E-state index contributed by atoms with van der Waals surface area (Å²) >= 11 is 4.50. The summed E-state index contributed by atoms with van der Waals surface area (Å²) in [5.74, 6) is -0.0787. The number of hydrogen-bond donors (Lipinski definition) is 3. The minimum absolute atomic E-state index is 0.0787. The maximum atomic E-state index is 8.22. The monoisotopic (exact) mass is 126 g/mol. The van der Waals surface area contributed by atoms with Crippen LogP contribution in [0.4, 0.5) is 0 Å². The summed E-state index contributed by atoms with van der Waals surface area (Å²) in [6.07, 6.45) is 0. The molecule has 0 spiro atoms. The van der Waals surface area contributed by atoms with Gasteiger partial charge in [0, 0.05) is 0 Å². The van der Waals surface area contributed by atoms with Gasteiger partial charge in [0.1, 0.15) is 4.77 Å². The quantitative estimate of drug-likeness (QED) is 0.357. The first-order chi connectivity index (χ1) is 2.77. The molecule has 0 aromatic heterocycles. The van der Waals surface area contributed by atoms with Gasteiger partial charge in [-0.2, -0.15) is 0 Å². The topological polar surface area (TPSA) is 40.5 Å². The Kier molecular flexibility index (Phi) is 4.19. The largest absolute Gasteiger partial charge is 0.386 e. The highest BCUT2D eigenvalue weighted by Crippen LogP contribution is 2.07. The molecule has 0 rings (SSSR count). The highest BCUT2D eigenvalue weighted by Gasteiger charge is 1.89. The summed E-state index contributed by atoms with van der Waals surface area (Å²) in [6, 6.07) is 0. The third kappa shape index (κ3) is 4.62. The zero-order chi connectivity index (χ0) is 4.99. The van der Waals surface area contributed by atoms with Crippen LogP contribution < -0.4 is 0 Å². The predicted octanol–water partition coefficient (Wildman–Crippen LogP) is -0.125. The average Bonchev–Trinajstić information content (AvgIpc) is 1.35. The van der Waals surface area contributed by atoms with Gasteiger partial charge in [-0.3, -0.25) is 0 Å². The number of thiol groups is 1. The fourth-order valence-corrected chi connectivity index (χ4v) is 0.400. The molecule has 2 nitrogen and oxygen atoms in total. The van der Waals surface area contributed by atoms with E-state index in [-0.39, 0.29) is 5.94 Å². The van der Waals surface area contributed by atoms with Crippen LogP contribution in [0.25, 0.3) is 0 Å². The zero-order valence-electron chi connectivity index (χ0n) is 3.03. The molecular weight excluding hydrogens is 120 g/mol. The van der Waals surface area contributed by atoms with Gasteiger partial charge in [0.15, 0.2) is 0 Å². The molecule has 0 amide bonds. The van der Waals surface area contributed by atoms with Crippen molar-refractivity contribution in [3.8, 4) is 0 Å². The second-order valence-electron chi connectivity index (χ2n) is 0.622. The van der Waals surface area contributed by atoms with Crippen molar-refractivity contribution in [2.45, 2.75) is 4.77 Å². The van der Waals surface area contributed by atoms with Crippen LogP contribution in [-0.4, -0.2) is 20.9 Å². The van der Waals surface area contributed by atoms with Crippen LogP contribution >= 0.6 is 24.4 Å². The van der Waals surface area contributed by atoms with E-state index in [4.69, 9.17) is 10.2 Å². The molecule has 0 heterocycles. The normalized spacial score (nSPS) is 14.5. The molecule has 2 N–H and O–H groups in total. The van der Waals surface area contributed by atoms with Crippen LogP contribution in [0, 0.1) is 0 Å². The van der Waals surface area contributed by atoms with E-state index in [0.717, 1.165) is 11.8 Å². The molecular formula is C2H6O2S2. The molecule has 38 valence electrons. The molecule has 0 aliphatic heterocycles. The summed E-state index contributed by atoms with van der Waals surface area (Å²) in [6.45, 7) is 0. The summed E-state index contributed by atoms with van der Waals surface area (Å²) in [7, 11) is 0. The van der Waals surface area contributed by atoms with E-state index >= 15 is 0 Å². The van der Waals surface area contributed by atoms with Gasteiger partial charge in [-0.1, -0.05) is 11.8 Å². The highest BCUT2D eigenvalue weighted by atomic mass is 32.2. The van der Waals surface area contributed by atoms with Gasteiger partial charge < -0.3 is 10.2 Å². The van der Waals surface area contributed by atoms with Gasteiger partial charge in [-0.15, -0.1) is 12.6 Å². The molecule has 0 bridgehead atoms. The first-order valence-corrected chi connectivity index (χ1v) is 2.92. The minimum Gasteiger partial charge on any atom is -0.386 e. The number of thioether (sulfide) groups is 1. The van der Waals surface area contributed by atoms with E-state index in [1.807, 2.05) is 0 Å². The van der Waals surface area contributed by atoms with Gasteiger partial charge in [0.05, 0.1) is 5.94 Å². The van der Waals surface area contributed by atoms with Crippen LogP contribution in [0.2, 0.25) is 0 Å². The van der Waals surface area contributed by atoms with E-state index in [1.165, 1.54) is 0 Å². The fraction of sp³-hybridized carbons (Fsp3) is 1.00. The Labute approximate surface area is 46.0 Å². The molecule has 6 heavy (non-hydrogen) atoms. The standard InChI is InChI=1S/C2H6O2S2/c3-1-6-2(4)5/h2-5H,1H2. The lowest BCUT2D eigenvalue weighted by Gasteiger charge is -1.94. The van der Waals surface area contributed by atoms with Crippen molar-refractivity contribution >= 4 is 24.4 Å². The van der Waals surface area contributed by atoms with E-state index in [0.29, 0.717) is 0 Å². The van der Waals surface area contributed by atoms with E-state index in [2.05, 4.69) is 12.6 Å². The van der Waals surface area contributed by atoms with Crippen molar-refractivity contribution < 1.29 is 10.2 Å². The van der Waals surface area contributed by atoms with Crippen LogP contribution in [0.1, 0.15) is 0 Å². The van der Waals surface area contributed by atoms with Crippen molar-refractivity contribution in [2.75, 3.05) is 5.94 Å². The molecule has 0 aromatic carbocycles. The SMILES string of the molecule is OCSC(O)S. The van der Waals surface area contributed by atoms with Gasteiger partial charge in [0.2, 0.25) is 0 Å². The number of hydrogen-bond acceptors (Lipinski definition) is 4. The van der Waals surface area contributed by atoms with Gasteiger partial charge in [0.25, 0.3) is 0 Å². The van der Waals surface area contributed by atoms with E-state index in [1.54, 1.807) is 0 Å². The summed E-state index contributed by atoms with van der Waals surface area (Å²) < 4.78 is -0.741. The second-order valence-corrected chi connectivity index (χ2v) is 2.50. The third-order valence-corrected chi connectivity index (χ3v) is 1.12. The highest BCUT2D eigenvalue weighted by molar-refractivity contribution is 8.09. The van der Waals surface area contributed by atoms with E-state index in [9.17, 15) is 0 Å². The van der Waals surface area contributed by atoms with Crippen LogP contribution in [0.5, 0.6) is 0 Å². The minimum atomic E-state index is -0.741. The van der Waals surface area contributed by atoms with Gasteiger partial charge in [-0.25, -0.2) is 0 Å². The van der Waals surface area contributed by atoms with Crippen LogP contribution in [0.3, 0.4) is 0 Å². The lowest BCUT2D eigenvalue weighted by atomic mass is 11.7. The zero-order valence-corrected chi connectivity index (χ0v) is 4.75. The lowest BCUT2D eigenvalue weighted by molar-refractivity contribution is 0.335. The van der Waals surface area contributed by atoms with Gasteiger partial charge >= 0.3 is 0 Å². The smallest absolute Gasteiger partial charge is 0.145 e. The van der Waals surface area contributed by atoms with Crippen molar-refractivity contribution in [3.05, 3.63) is 0 Å². The summed E-state index contributed by atoms with van der Waals surface area (Å²) in [5.41, 5.74) is 0. The number of aliphatic hydroxyl groups is 2. The van der Waals surface area contributed by atoms with Gasteiger partial charge in [-0.05, 0) is 0 Å². The Morgan fingerprint density at radius 1 is 1.83 bits per heavy atom. The Hall–Kier alpha value is 0.620. The molecule has 0 radical (unpaired) electrons. The predicted molar refractivity (Wildman–Crippen MR) is 29.7 cm³/mol. The van der Waals surface area contributed by atoms with Crippen LogP contribution in [0.15, 0.2) is 0 Å². The molecule has 0 saturated carbocycles. The van der Waals surface area contributed by atoms with Crippen molar-refractivity contribution in [1.82, 2.24) is 0 Å². The molecule has 0 aliphatic rings. The molecule has 0 saturated heterocycles. The maximum absolute atomic E-state index is 8.22. The molecule has 1 atom stereocenters. The molecule has 4 heteroatoms. The molecule has 1 unspecified atom stereocenters. The second kappa shape index (κ2) is 3.80.